The summed E-state index contributed by atoms with van der Waals surface area (Å²) in [5.41, 5.74) is 3.56. The van der Waals surface area contributed by atoms with E-state index in [1.54, 1.807) is 38.1 Å². The average molecular weight is 206 g/mol. The predicted octanol–water partition coefficient (Wildman–Crippen LogP) is 1.23. The Labute approximate surface area is 88.6 Å². The molecular formula is C11H14N2O2. The van der Waals surface area contributed by atoms with Gasteiger partial charge in [-0.05, 0) is 19.4 Å². The molecule has 0 spiro atoms. The van der Waals surface area contributed by atoms with Crippen LogP contribution in [0.1, 0.15) is 25.5 Å². The van der Waals surface area contributed by atoms with Crippen molar-refractivity contribution in [2.75, 3.05) is 0 Å². The third kappa shape index (κ3) is 3.52. The smallest absolute Gasteiger partial charge is 0.273 e. The van der Waals surface area contributed by atoms with Crippen LogP contribution < -0.4 is 5.43 Å². The zero-order valence-corrected chi connectivity index (χ0v) is 8.77. The summed E-state index contributed by atoms with van der Waals surface area (Å²) in [4.78, 5) is 11.4. The highest BCUT2D eigenvalue weighted by Crippen LogP contribution is 2.11. The molecule has 0 saturated heterocycles. The first kappa shape index (κ1) is 11.4. The molecular weight excluding hydrogens is 192 g/mol. The Bertz CT molecular complexity index is 356. The maximum atomic E-state index is 11.4. The van der Waals surface area contributed by atoms with Crippen molar-refractivity contribution in [3.8, 4) is 0 Å². The summed E-state index contributed by atoms with van der Waals surface area (Å²) in [5, 5.41) is 13.3. The Morgan fingerprint density at radius 2 is 1.93 bits per heavy atom. The van der Waals surface area contributed by atoms with Gasteiger partial charge in [0.25, 0.3) is 5.91 Å². The fourth-order valence-corrected chi connectivity index (χ4v) is 1.01. The fourth-order valence-electron chi connectivity index (χ4n) is 1.01. The Morgan fingerprint density at radius 3 is 2.47 bits per heavy atom. The molecule has 1 unspecified atom stereocenters. The summed E-state index contributed by atoms with van der Waals surface area (Å²) in [6.45, 7) is 3.52. The van der Waals surface area contributed by atoms with Crippen LogP contribution in [0.5, 0.6) is 0 Å². The number of nitrogens with one attached hydrogen (secondary N) is 1. The summed E-state index contributed by atoms with van der Waals surface area (Å²) < 4.78 is 0. The number of aliphatic hydroxyl groups excluding tert-OH is 1. The topological polar surface area (TPSA) is 61.7 Å². The van der Waals surface area contributed by atoms with E-state index >= 15 is 0 Å². The molecule has 0 aliphatic rings. The summed E-state index contributed by atoms with van der Waals surface area (Å²) in [6, 6.07) is 8.72. The highest BCUT2D eigenvalue weighted by molar-refractivity contribution is 5.85. The highest BCUT2D eigenvalue weighted by Gasteiger charge is 2.15. The number of nitrogens with zero attached hydrogens (tertiary/aromatic N) is 1. The monoisotopic (exact) mass is 206 g/mol. The molecule has 0 radical (unpaired) electrons. The summed E-state index contributed by atoms with van der Waals surface area (Å²) >= 11 is 0. The maximum Gasteiger partial charge on any atom is 0.273 e. The minimum atomic E-state index is -1.17. The third-order valence-corrected chi connectivity index (χ3v) is 1.75. The van der Waals surface area contributed by atoms with Gasteiger partial charge in [0, 0.05) is 5.71 Å². The van der Waals surface area contributed by atoms with Gasteiger partial charge < -0.3 is 5.11 Å². The Kier molecular flexibility index (Phi) is 4.00. The maximum absolute atomic E-state index is 11.4. The molecule has 2 N–H and O–H groups in total. The van der Waals surface area contributed by atoms with Gasteiger partial charge in [-0.2, -0.15) is 5.10 Å². The van der Waals surface area contributed by atoms with E-state index in [2.05, 4.69) is 10.5 Å². The lowest BCUT2D eigenvalue weighted by molar-refractivity contribution is -0.129. The van der Waals surface area contributed by atoms with Crippen molar-refractivity contribution in [3.63, 3.8) is 0 Å². The summed E-state index contributed by atoms with van der Waals surface area (Å²) in [7, 11) is 0. The molecule has 0 heterocycles. The molecule has 0 bridgehead atoms. The molecule has 0 aliphatic carbocycles. The van der Waals surface area contributed by atoms with Crippen LogP contribution in [0, 0.1) is 0 Å². The number of amides is 1. The second-order valence-electron chi connectivity index (χ2n) is 3.35. The van der Waals surface area contributed by atoms with E-state index in [-0.39, 0.29) is 0 Å². The summed E-state index contributed by atoms with van der Waals surface area (Å²) in [5.74, 6) is -0.526. The number of carbonyl (C=O) groups is 1. The molecule has 0 saturated carbocycles. The van der Waals surface area contributed by atoms with E-state index in [4.69, 9.17) is 0 Å². The standard InChI is InChI=1S/C11H14N2O2/c1-8(2)12-13-11(15)10(14)9-6-4-3-5-7-9/h3-7,10,14H,1-2H3,(H,13,15). The van der Waals surface area contributed by atoms with Crippen molar-refractivity contribution in [1.29, 1.82) is 0 Å². The van der Waals surface area contributed by atoms with Crippen LogP contribution in [0.2, 0.25) is 0 Å². The van der Waals surface area contributed by atoms with Crippen molar-refractivity contribution in [2.24, 2.45) is 5.10 Å². The van der Waals surface area contributed by atoms with Crippen molar-refractivity contribution >= 4 is 11.6 Å². The first-order chi connectivity index (χ1) is 7.11. The van der Waals surface area contributed by atoms with Crippen LogP contribution in [0.4, 0.5) is 0 Å². The lowest BCUT2D eigenvalue weighted by Gasteiger charge is -2.08. The number of hydrogen-bond donors (Lipinski definition) is 2. The second kappa shape index (κ2) is 5.26. The quantitative estimate of drug-likeness (QED) is 0.577. The van der Waals surface area contributed by atoms with Gasteiger partial charge in [0.2, 0.25) is 0 Å². The van der Waals surface area contributed by atoms with Gasteiger partial charge in [-0.1, -0.05) is 30.3 Å². The minimum absolute atomic E-state index is 0.526. The van der Waals surface area contributed by atoms with E-state index in [1.807, 2.05) is 6.07 Å². The van der Waals surface area contributed by atoms with E-state index in [0.717, 1.165) is 5.71 Å². The molecule has 0 fully saturated rings. The van der Waals surface area contributed by atoms with Crippen molar-refractivity contribution in [2.45, 2.75) is 20.0 Å². The van der Waals surface area contributed by atoms with Gasteiger partial charge in [-0.15, -0.1) is 0 Å². The molecule has 1 atom stereocenters. The highest BCUT2D eigenvalue weighted by atomic mass is 16.3. The number of aliphatic hydroxyl groups is 1. The van der Waals surface area contributed by atoms with Gasteiger partial charge in [-0.3, -0.25) is 4.79 Å². The molecule has 80 valence electrons. The van der Waals surface area contributed by atoms with Crippen LogP contribution in [0.25, 0.3) is 0 Å². The molecule has 1 amide bonds. The Balaban J connectivity index is 2.65. The van der Waals surface area contributed by atoms with Crippen molar-refractivity contribution in [3.05, 3.63) is 35.9 Å². The summed E-state index contributed by atoms with van der Waals surface area (Å²) in [6.07, 6.45) is -1.17. The van der Waals surface area contributed by atoms with E-state index in [9.17, 15) is 9.90 Å². The zero-order valence-electron chi connectivity index (χ0n) is 8.77. The molecule has 1 aromatic rings. The largest absolute Gasteiger partial charge is 0.378 e. The Hall–Kier alpha value is -1.68. The van der Waals surface area contributed by atoms with Gasteiger partial charge in [0.15, 0.2) is 6.10 Å². The first-order valence-corrected chi connectivity index (χ1v) is 4.65. The van der Waals surface area contributed by atoms with Crippen LogP contribution in [0.3, 0.4) is 0 Å². The minimum Gasteiger partial charge on any atom is -0.378 e. The van der Waals surface area contributed by atoms with Crippen LogP contribution >= 0.6 is 0 Å². The number of hydrogen-bond acceptors (Lipinski definition) is 3. The average Bonchev–Trinajstić information content (AvgIpc) is 2.26. The normalized spacial score (nSPS) is 11.7. The molecule has 1 rings (SSSR count). The first-order valence-electron chi connectivity index (χ1n) is 4.65. The SMILES string of the molecule is CC(C)=NNC(=O)C(O)c1ccccc1. The van der Waals surface area contributed by atoms with E-state index < -0.39 is 12.0 Å². The van der Waals surface area contributed by atoms with Gasteiger partial charge >= 0.3 is 0 Å². The molecule has 1 aromatic carbocycles. The number of benzene rings is 1. The fraction of sp³-hybridized carbons (Fsp3) is 0.273. The molecule has 0 aliphatic heterocycles. The van der Waals surface area contributed by atoms with Crippen LogP contribution in [0.15, 0.2) is 35.4 Å². The molecule has 4 nitrogen and oxygen atoms in total. The van der Waals surface area contributed by atoms with E-state index in [0.29, 0.717) is 5.56 Å². The lowest BCUT2D eigenvalue weighted by atomic mass is 10.1. The van der Waals surface area contributed by atoms with Gasteiger partial charge in [0.1, 0.15) is 0 Å². The van der Waals surface area contributed by atoms with Crippen LogP contribution in [-0.4, -0.2) is 16.7 Å². The third-order valence-electron chi connectivity index (χ3n) is 1.75. The number of hydrazone groups is 1. The predicted molar refractivity (Wildman–Crippen MR) is 58.3 cm³/mol. The Morgan fingerprint density at radius 1 is 1.33 bits per heavy atom. The van der Waals surface area contributed by atoms with Crippen molar-refractivity contribution < 1.29 is 9.90 Å². The van der Waals surface area contributed by atoms with Gasteiger partial charge in [-0.25, -0.2) is 5.43 Å². The van der Waals surface area contributed by atoms with Crippen molar-refractivity contribution in [1.82, 2.24) is 5.43 Å². The molecule has 0 aromatic heterocycles. The van der Waals surface area contributed by atoms with Crippen LogP contribution in [-0.2, 0) is 4.79 Å². The number of carbonyl (C=O) groups excluding carboxylic acids is 1. The van der Waals surface area contributed by atoms with Gasteiger partial charge in [0.05, 0.1) is 0 Å². The molecule has 15 heavy (non-hydrogen) atoms. The molecule has 4 heteroatoms. The van der Waals surface area contributed by atoms with E-state index in [1.165, 1.54) is 0 Å². The lowest BCUT2D eigenvalue weighted by Crippen LogP contribution is -2.25. The zero-order chi connectivity index (χ0) is 11.3. The number of rotatable bonds is 3. The second-order valence-corrected chi connectivity index (χ2v) is 3.35.